The Morgan fingerprint density at radius 3 is 1.42 bits per heavy atom. The summed E-state index contributed by atoms with van der Waals surface area (Å²) >= 11 is 0. The summed E-state index contributed by atoms with van der Waals surface area (Å²) in [5, 5.41) is 0. The number of para-hydroxylation sites is 4. The van der Waals surface area contributed by atoms with Crippen molar-refractivity contribution in [3.63, 3.8) is 0 Å². The van der Waals surface area contributed by atoms with Crippen molar-refractivity contribution < 1.29 is 9.13 Å². The lowest BCUT2D eigenvalue weighted by Gasteiger charge is -1.99. The molecule has 0 radical (unpaired) electrons. The van der Waals surface area contributed by atoms with Crippen LogP contribution in [0, 0.1) is 0 Å². The van der Waals surface area contributed by atoms with E-state index in [-0.39, 0.29) is 0 Å². The number of imidazole rings is 2. The number of hydrogen-bond donors (Lipinski definition) is 0. The highest BCUT2D eigenvalue weighted by atomic mass is 15.2. The van der Waals surface area contributed by atoms with E-state index in [9.17, 15) is 0 Å². The van der Waals surface area contributed by atoms with E-state index in [2.05, 4.69) is 95.0 Å². The van der Waals surface area contributed by atoms with Gasteiger partial charge in [0.25, 0.3) is 11.6 Å². The molecule has 4 heteroatoms. The Labute approximate surface area is 142 Å². The zero-order valence-electron chi connectivity index (χ0n) is 14.8. The monoisotopic (exact) mass is 320 g/mol. The third-order valence-corrected chi connectivity index (χ3v) is 5.33. The maximum atomic E-state index is 2.32. The molecule has 2 aromatic carbocycles. The van der Waals surface area contributed by atoms with Gasteiger partial charge in [0, 0.05) is 0 Å². The average molecular weight is 320 g/mol. The van der Waals surface area contributed by atoms with Crippen molar-refractivity contribution in [2.24, 2.45) is 28.2 Å². The summed E-state index contributed by atoms with van der Waals surface area (Å²) in [7, 11) is 8.66. The minimum absolute atomic E-state index is 1.01. The molecule has 2 aromatic heterocycles. The van der Waals surface area contributed by atoms with Gasteiger partial charge in [0.05, 0.1) is 41.0 Å². The van der Waals surface area contributed by atoms with E-state index in [1.54, 1.807) is 0 Å². The molecule has 4 nitrogen and oxygen atoms in total. The van der Waals surface area contributed by atoms with Gasteiger partial charge >= 0.3 is 0 Å². The van der Waals surface area contributed by atoms with Crippen LogP contribution < -0.4 is 9.13 Å². The first kappa shape index (κ1) is 14.9. The van der Waals surface area contributed by atoms with Gasteiger partial charge in [-0.2, -0.15) is 0 Å². The molecule has 0 amide bonds. The summed E-state index contributed by atoms with van der Waals surface area (Å²) in [6, 6.07) is 17.2. The van der Waals surface area contributed by atoms with E-state index in [0.29, 0.717) is 0 Å². The van der Waals surface area contributed by atoms with Crippen LogP contribution in [0.15, 0.2) is 48.5 Å². The predicted molar refractivity (Wildman–Crippen MR) is 95.6 cm³/mol. The maximum absolute atomic E-state index is 2.32. The largest absolute Gasteiger partial charge is 0.257 e. The molecule has 0 saturated heterocycles. The molecule has 0 bridgehead atoms. The summed E-state index contributed by atoms with van der Waals surface area (Å²) in [4.78, 5) is 0. The highest BCUT2D eigenvalue weighted by Crippen LogP contribution is 2.16. The Bertz CT molecular complexity index is 889. The fourth-order valence-corrected chi connectivity index (χ4v) is 3.96. The molecule has 4 rings (SSSR count). The van der Waals surface area contributed by atoms with Crippen LogP contribution in [0.2, 0.25) is 0 Å². The molecule has 0 saturated carbocycles. The van der Waals surface area contributed by atoms with E-state index in [0.717, 1.165) is 12.8 Å². The third kappa shape index (κ3) is 2.06. The van der Waals surface area contributed by atoms with Gasteiger partial charge in [-0.25, -0.2) is 18.3 Å². The van der Waals surface area contributed by atoms with Gasteiger partial charge in [0.2, 0.25) is 0 Å². The normalized spacial score (nSPS) is 11.7. The molecule has 0 aliphatic rings. The number of nitrogens with zero attached hydrogens (tertiary/aromatic N) is 4. The molecule has 4 aromatic rings. The number of aromatic nitrogens is 4. The number of aryl methyl sites for hydroxylation is 4. The van der Waals surface area contributed by atoms with E-state index in [1.165, 1.54) is 33.7 Å². The van der Waals surface area contributed by atoms with Gasteiger partial charge in [-0.15, -0.1) is 0 Å². The van der Waals surface area contributed by atoms with Crippen molar-refractivity contribution in [2.45, 2.75) is 12.8 Å². The van der Waals surface area contributed by atoms with Crippen LogP contribution in [0.3, 0.4) is 0 Å². The lowest BCUT2D eigenvalue weighted by Crippen LogP contribution is -2.36. The van der Waals surface area contributed by atoms with E-state index < -0.39 is 0 Å². The maximum Gasteiger partial charge on any atom is 0.257 e. The van der Waals surface area contributed by atoms with Gasteiger partial charge in [-0.3, -0.25) is 0 Å². The molecule has 0 spiro atoms. The Morgan fingerprint density at radius 2 is 1.04 bits per heavy atom. The minimum atomic E-state index is 1.01. The molecule has 0 atom stereocenters. The van der Waals surface area contributed by atoms with Crippen molar-refractivity contribution >= 4 is 22.1 Å². The summed E-state index contributed by atoms with van der Waals surface area (Å²) in [6.45, 7) is 0. The van der Waals surface area contributed by atoms with Gasteiger partial charge in [-0.1, -0.05) is 24.3 Å². The second kappa shape index (κ2) is 5.48. The Balaban J connectivity index is 1.74. The van der Waals surface area contributed by atoms with Gasteiger partial charge in [-0.05, 0) is 24.3 Å². The van der Waals surface area contributed by atoms with Crippen LogP contribution in [0.25, 0.3) is 22.1 Å². The molecule has 122 valence electrons. The van der Waals surface area contributed by atoms with Crippen molar-refractivity contribution in [3.05, 3.63) is 60.2 Å². The fourth-order valence-electron chi connectivity index (χ4n) is 3.96. The van der Waals surface area contributed by atoms with Gasteiger partial charge < -0.3 is 0 Å². The highest BCUT2D eigenvalue weighted by molar-refractivity contribution is 5.72. The summed E-state index contributed by atoms with van der Waals surface area (Å²) in [5.41, 5.74) is 5.15. The summed E-state index contributed by atoms with van der Waals surface area (Å²) in [6.07, 6.45) is 2.03. The average Bonchev–Trinajstić information content (AvgIpc) is 3.00. The zero-order valence-corrected chi connectivity index (χ0v) is 14.8. The van der Waals surface area contributed by atoms with E-state index >= 15 is 0 Å². The van der Waals surface area contributed by atoms with Crippen LogP contribution in [-0.4, -0.2) is 9.13 Å². The highest BCUT2D eigenvalue weighted by Gasteiger charge is 2.24. The summed E-state index contributed by atoms with van der Waals surface area (Å²) < 4.78 is 9.27. The van der Waals surface area contributed by atoms with Crippen molar-refractivity contribution in [1.29, 1.82) is 0 Å². The van der Waals surface area contributed by atoms with Crippen LogP contribution in [0.4, 0.5) is 0 Å². The van der Waals surface area contributed by atoms with Crippen molar-refractivity contribution in [2.75, 3.05) is 0 Å². The Kier molecular flexibility index (Phi) is 3.41. The first-order valence-corrected chi connectivity index (χ1v) is 8.44. The molecule has 0 aliphatic heterocycles. The zero-order chi connectivity index (χ0) is 16.8. The molecule has 24 heavy (non-hydrogen) atoms. The lowest BCUT2D eigenvalue weighted by molar-refractivity contribution is -0.658. The number of benzene rings is 2. The van der Waals surface area contributed by atoms with Crippen LogP contribution in [-0.2, 0) is 41.0 Å². The topological polar surface area (TPSA) is 17.6 Å². The molecule has 2 heterocycles. The SMILES string of the molecule is Cn1c(CCc2n(C)c3ccccc3[n+]2C)[n+](C)c2ccccc21. The molecular formula is C20H24N4+2. The van der Waals surface area contributed by atoms with Crippen LogP contribution >= 0.6 is 0 Å². The van der Waals surface area contributed by atoms with Gasteiger partial charge in [0.15, 0.2) is 22.1 Å². The van der Waals surface area contributed by atoms with Crippen LogP contribution in [0.5, 0.6) is 0 Å². The second-order valence-electron chi connectivity index (χ2n) is 6.55. The molecular weight excluding hydrogens is 296 g/mol. The molecule has 0 N–H and O–H groups in total. The fraction of sp³-hybridized carbons (Fsp3) is 0.300. The van der Waals surface area contributed by atoms with E-state index in [4.69, 9.17) is 0 Å². The second-order valence-corrected chi connectivity index (χ2v) is 6.55. The molecule has 0 fully saturated rings. The quantitative estimate of drug-likeness (QED) is 0.515. The van der Waals surface area contributed by atoms with Gasteiger partial charge in [0.1, 0.15) is 0 Å². The Hall–Kier alpha value is -2.62. The minimum Gasteiger partial charge on any atom is -0.230 e. The molecule has 0 aliphatic carbocycles. The van der Waals surface area contributed by atoms with Crippen LogP contribution in [0.1, 0.15) is 11.6 Å². The lowest BCUT2D eigenvalue weighted by atomic mass is 10.2. The third-order valence-electron chi connectivity index (χ3n) is 5.33. The smallest absolute Gasteiger partial charge is 0.230 e. The Morgan fingerprint density at radius 1 is 0.667 bits per heavy atom. The first-order chi connectivity index (χ1) is 11.6. The van der Waals surface area contributed by atoms with Crippen molar-refractivity contribution in [1.82, 2.24) is 9.13 Å². The number of hydrogen-bond acceptors (Lipinski definition) is 0. The molecule has 0 unspecified atom stereocenters. The summed E-state index contributed by atoms with van der Waals surface area (Å²) in [5.74, 6) is 2.70. The van der Waals surface area contributed by atoms with Crippen molar-refractivity contribution in [3.8, 4) is 0 Å². The number of rotatable bonds is 3. The predicted octanol–water partition coefficient (Wildman–Crippen LogP) is 2.10. The standard InChI is InChI=1S/C20H24N4/c1-21-15-9-5-6-10-16(15)22(2)19(21)13-14-20-23(3)17-11-7-8-12-18(17)24(20)4/h5-12H,13-14H2,1-4H3/q+2. The first-order valence-electron chi connectivity index (χ1n) is 8.44. The van der Waals surface area contributed by atoms with E-state index in [1.807, 2.05) is 0 Å². The number of fused-ring (bicyclic) bond motifs is 2.